The van der Waals surface area contributed by atoms with Gasteiger partial charge in [-0.05, 0) is 11.5 Å². The van der Waals surface area contributed by atoms with E-state index in [1.54, 1.807) is 12.1 Å². The molecular formula is C18H12O4. The van der Waals surface area contributed by atoms with E-state index >= 15 is 0 Å². The molecule has 0 bridgehead atoms. The van der Waals surface area contributed by atoms with Crippen molar-refractivity contribution in [1.29, 1.82) is 0 Å². The molecule has 0 spiro atoms. The highest BCUT2D eigenvalue weighted by Crippen LogP contribution is 2.32. The van der Waals surface area contributed by atoms with E-state index in [2.05, 4.69) is 0 Å². The Morgan fingerprint density at radius 1 is 1.05 bits per heavy atom. The zero-order chi connectivity index (χ0) is 15.3. The highest BCUT2D eigenvalue weighted by molar-refractivity contribution is 6.07. The number of rotatable bonds is 1. The molecule has 0 saturated carbocycles. The molecule has 22 heavy (non-hydrogen) atoms. The molecule has 0 aliphatic heterocycles. The molecule has 4 rings (SSSR count). The summed E-state index contributed by atoms with van der Waals surface area (Å²) in [6.07, 6.45) is 0. The predicted octanol–water partition coefficient (Wildman–Crippen LogP) is 3.81. The first-order valence-corrected chi connectivity index (χ1v) is 6.84. The first-order chi connectivity index (χ1) is 10.7. The van der Waals surface area contributed by atoms with Crippen molar-refractivity contribution in [2.45, 2.75) is 0 Å². The third-order valence-corrected chi connectivity index (χ3v) is 3.85. The molecular weight excluding hydrogens is 280 g/mol. The summed E-state index contributed by atoms with van der Waals surface area (Å²) in [6, 6.07) is 14.3. The molecule has 4 heteroatoms. The van der Waals surface area contributed by atoms with E-state index in [4.69, 9.17) is 9.15 Å². The van der Waals surface area contributed by atoms with Gasteiger partial charge in [0.2, 0.25) is 5.43 Å². The molecule has 1 heterocycles. The van der Waals surface area contributed by atoms with Crippen LogP contribution in [0.2, 0.25) is 0 Å². The van der Waals surface area contributed by atoms with Gasteiger partial charge >= 0.3 is 0 Å². The molecule has 0 fully saturated rings. The number of hydrogen-bond donors (Lipinski definition) is 1. The molecule has 0 aliphatic rings. The standard InChI is InChI=1S/C18H12O4/c1-21-11-8-14(19)16-15(9-11)22-18-12-5-3-2-4-10(12)6-7-13(18)17(16)20/h2-9,19H,1H3. The number of fused-ring (bicyclic) bond motifs is 4. The third kappa shape index (κ3) is 1.67. The molecule has 0 unspecified atom stereocenters. The summed E-state index contributed by atoms with van der Waals surface area (Å²) in [7, 11) is 1.50. The second-order valence-corrected chi connectivity index (χ2v) is 5.11. The minimum absolute atomic E-state index is 0.141. The summed E-state index contributed by atoms with van der Waals surface area (Å²) >= 11 is 0. The molecule has 3 aromatic carbocycles. The second-order valence-electron chi connectivity index (χ2n) is 5.11. The van der Waals surface area contributed by atoms with Gasteiger partial charge in [-0.2, -0.15) is 0 Å². The summed E-state index contributed by atoms with van der Waals surface area (Å²) in [4.78, 5) is 12.7. The summed E-state index contributed by atoms with van der Waals surface area (Å²) in [5.74, 6) is 0.297. The summed E-state index contributed by atoms with van der Waals surface area (Å²) in [5, 5.41) is 12.6. The van der Waals surface area contributed by atoms with E-state index in [0.29, 0.717) is 22.3 Å². The van der Waals surface area contributed by atoms with E-state index in [1.165, 1.54) is 13.2 Å². The van der Waals surface area contributed by atoms with Crippen LogP contribution < -0.4 is 10.2 Å². The van der Waals surface area contributed by atoms with Crippen LogP contribution in [0.15, 0.2) is 57.7 Å². The molecule has 4 nitrogen and oxygen atoms in total. The molecule has 1 aromatic heterocycles. The smallest absolute Gasteiger partial charge is 0.204 e. The van der Waals surface area contributed by atoms with Crippen molar-refractivity contribution in [3.8, 4) is 11.5 Å². The maximum absolute atomic E-state index is 12.7. The molecule has 4 aromatic rings. The van der Waals surface area contributed by atoms with Crippen LogP contribution in [0.4, 0.5) is 0 Å². The minimum atomic E-state index is -0.248. The molecule has 108 valence electrons. The monoisotopic (exact) mass is 292 g/mol. The van der Waals surface area contributed by atoms with Crippen LogP contribution in [0.5, 0.6) is 11.5 Å². The fourth-order valence-corrected chi connectivity index (χ4v) is 2.78. The Hall–Kier alpha value is -3.01. The van der Waals surface area contributed by atoms with E-state index in [1.807, 2.05) is 30.3 Å². The van der Waals surface area contributed by atoms with Crippen molar-refractivity contribution < 1.29 is 14.3 Å². The van der Waals surface area contributed by atoms with Crippen molar-refractivity contribution in [2.75, 3.05) is 7.11 Å². The molecule has 1 N–H and O–H groups in total. The largest absolute Gasteiger partial charge is 0.507 e. The lowest BCUT2D eigenvalue weighted by Gasteiger charge is -2.07. The lowest BCUT2D eigenvalue weighted by atomic mass is 10.1. The normalized spacial score (nSPS) is 11.3. The maximum Gasteiger partial charge on any atom is 0.204 e. The van der Waals surface area contributed by atoms with Gasteiger partial charge in [0, 0.05) is 17.5 Å². The van der Waals surface area contributed by atoms with Crippen molar-refractivity contribution in [3.63, 3.8) is 0 Å². The molecule has 0 saturated heterocycles. The quantitative estimate of drug-likeness (QED) is 0.428. The van der Waals surface area contributed by atoms with Crippen LogP contribution in [0.25, 0.3) is 32.7 Å². The molecule has 0 atom stereocenters. The lowest BCUT2D eigenvalue weighted by molar-refractivity contribution is 0.408. The van der Waals surface area contributed by atoms with Gasteiger partial charge in [-0.15, -0.1) is 0 Å². The lowest BCUT2D eigenvalue weighted by Crippen LogP contribution is -2.03. The van der Waals surface area contributed by atoms with E-state index in [-0.39, 0.29) is 16.6 Å². The minimum Gasteiger partial charge on any atom is -0.507 e. The molecule has 0 radical (unpaired) electrons. The summed E-state index contributed by atoms with van der Waals surface area (Å²) in [5.41, 5.74) is 0.580. The highest BCUT2D eigenvalue weighted by Gasteiger charge is 2.14. The van der Waals surface area contributed by atoms with Crippen LogP contribution >= 0.6 is 0 Å². The Labute approximate surface area is 125 Å². The Kier molecular flexibility index (Phi) is 2.60. The Morgan fingerprint density at radius 3 is 2.68 bits per heavy atom. The van der Waals surface area contributed by atoms with Gasteiger partial charge in [0.25, 0.3) is 0 Å². The van der Waals surface area contributed by atoms with E-state index < -0.39 is 0 Å². The van der Waals surface area contributed by atoms with E-state index in [0.717, 1.165) is 10.8 Å². The van der Waals surface area contributed by atoms with Gasteiger partial charge in [0.15, 0.2) is 0 Å². The zero-order valence-corrected chi connectivity index (χ0v) is 11.8. The molecule has 0 amide bonds. The number of hydrogen-bond acceptors (Lipinski definition) is 4. The van der Waals surface area contributed by atoms with Crippen LogP contribution in [0.1, 0.15) is 0 Å². The first kappa shape index (κ1) is 12.7. The van der Waals surface area contributed by atoms with Gasteiger partial charge in [-0.1, -0.05) is 30.3 Å². The number of aromatic hydroxyl groups is 1. The van der Waals surface area contributed by atoms with Gasteiger partial charge in [-0.3, -0.25) is 4.79 Å². The third-order valence-electron chi connectivity index (χ3n) is 3.85. The maximum atomic E-state index is 12.7. The van der Waals surface area contributed by atoms with Gasteiger partial charge < -0.3 is 14.3 Å². The average Bonchev–Trinajstić information content (AvgIpc) is 2.54. The van der Waals surface area contributed by atoms with Gasteiger partial charge in [0.05, 0.1) is 12.5 Å². The van der Waals surface area contributed by atoms with Crippen molar-refractivity contribution in [2.24, 2.45) is 0 Å². The van der Waals surface area contributed by atoms with E-state index in [9.17, 15) is 9.90 Å². The number of methoxy groups -OCH3 is 1. The molecule has 0 aliphatic carbocycles. The van der Waals surface area contributed by atoms with Crippen molar-refractivity contribution in [3.05, 3.63) is 58.8 Å². The van der Waals surface area contributed by atoms with Crippen LogP contribution in [-0.2, 0) is 0 Å². The van der Waals surface area contributed by atoms with Gasteiger partial charge in [-0.25, -0.2) is 0 Å². The number of phenols is 1. The zero-order valence-electron chi connectivity index (χ0n) is 11.8. The Morgan fingerprint density at radius 2 is 1.86 bits per heavy atom. The Balaban J connectivity index is 2.28. The first-order valence-electron chi connectivity index (χ1n) is 6.84. The fourth-order valence-electron chi connectivity index (χ4n) is 2.78. The van der Waals surface area contributed by atoms with Crippen molar-refractivity contribution >= 4 is 32.7 Å². The van der Waals surface area contributed by atoms with Crippen molar-refractivity contribution in [1.82, 2.24) is 0 Å². The van der Waals surface area contributed by atoms with Crippen LogP contribution in [-0.4, -0.2) is 12.2 Å². The average molecular weight is 292 g/mol. The topological polar surface area (TPSA) is 59.7 Å². The van der Waals surface area contributed by atoms with Gasteiger partial charge in [0.1, 0.15) is 28.1 Å². The summed E-state index contributed by atoms with van der Waals surface area (Å²) < 4.78 is 11.0. The number of benzene rings is 3. The second kappa shape index (κ2) is 4.49. The SMILES string of the molecule is COc1cc(O)c2c(=O)c3ccc4ccccc4c3oc2c1. The predicted molar refractivity (Wildman–Crippen MR) is 85.7 cm³/mol. The Bertz CT molecular complexity index is 1090. The number of ether oxygens (including phenoxy) is 1. The highest BCUT2D eigenvalue weighted by atomic mass is 16.5. The fraction of sp³-hybridized carbons (Fsp3) is 0.0556. The van der Waals surface area contributed by atoms with Crippen LogP contribution in [0.3, 0.4) is 0 Å². The summed E-state index contributed by atoms with van der Waals surface area (Å²) in [6.45, 7) is 0. The van der Waals surface area contributed by atoms with Crippen LogP contribution in [0, 0.1) is 0 Å². The number of phenolic OH excluding ortho intramolecular Hbond substituents is 1.